The molecule has 1 fully saturated rings. The minimum Gasteiger partial charge on any atom is -0.384 e. The predicted molar refractivity (Wildman–Crippen MR) is 71.3 cm³/mol. The molecule has 1 saturated heterocycles. The van der Waals surface area contributed by atoms with Crippen LogP contribution in [0.2, 0.25) is 0 Å². The van der Waals surface area contributed by atoms with E-state index in [1.165, 1.54) is 21.2 Å². The first-order valence-corrected chi connectivity index (χ1v) is 6.41. The molecule has 2 rings (SSSR count). The Hall–Kier alpha value is -0.290. The summed E-state index contributed by atoms with van der Waals surface area (Å²) in [6.07, 6.45) is 1.19. The van der Waals surface area contributed by atoms with Crippen LogP contribution < -0.4 is 5.32 Å². The van der Waals surface area contributed by atoms with E-state index >= 15 is 0 Å². The van der Waals surface area contributed by atoms with Crippen LogP contribution in [0.1, 0.15) is 12.0 Å². The molecule has 0 aliphatic carbocycles. The third-order valence-corrected chi connectivity index (χ3v) is 3.46. The lowest BCUT2D eigenvalue weighted by Gasteiger charge is -2.13. The Balaban J connectivity index is 1.92. The normalized spacial score (nSPS) is 20.5. The van der Waals surface area contributed by atoms with Crippen molar-refractivity contribution in [1.82, 2.24) is 0 Å². The number of benzene rings is 1. The van der Waals surface area contributed by atoms with Crippen LogP contribution >= 0.6 is 22.6 Å². The van der Waals surface area contributed by atoms with Gasteiger partial charge in [0.1, 0.15) is 0 Å². The Morgan fingerprint density at radius 2 is 2.40 bits per heavy atom. The van der Waals surface area contributed by atoms with E-state index in [9.17, 15) is 0 Å². The molecule has 0 bridgehead atoms. The van der Waals surface area contributed by atoms with Crippen molar-refractivity contribution in [1.29, 1.82) is 0 Å². The first kappa shape index (κ1) is 11.2. The molecule has 82 valence electrons. The third-order valence-electron chi connectivity index (χ3n) is 2.79. The second-order valence-electron chi connectivity index (χ2n) is 4.07. The minimum absolute atomic E-state index is 0.684. The van der Waals surface area contributed by atoms with Crippen LogP contribution in [0.5, 0.6) is 0 Å². The van der Waals surface area contributed by atoms with Gasteiger partial charge in [-0.15, -0.1) is 0 Å². The second kappa shape index (κ2) is 5.16. The van der Waals surface area contributed by atoms with Gasteiger partial charge in [0.25, 0.3) is 0 Å². The van der Waals surface area contributed by atoms with E-state index in [1.807, 2.05) is 0 Å². The summed E-state index contributed by atoms with van der Waals surface area (Å²) in [7, 11) is 0. The number of hydrogen-bond donors (Lipinski definition) is 1. The van der Waals surface area contributed by atoms with Crippen molar-refractivity contribution < 1.29 is 4.74 Å². The van der Waals surface area contributed by atoms with Crippen molar-refractivity contribution in [3.8, 4) is 0 Å². The first-order chi connectivity index (χ1) is 7.25. The Kier molecular flexibility index (Phi) is 3.86. The Labute approximate surface area is 105 Å². The average molecular weight is 317 g/mol. The lowest BCUT2D eigenvalue weighted by molar-refractivity contribution is 0.187. The molecule has 3 heteroatoms. The van der Waals surface area contributed by atoms with E-state index in [4.69, 9.17) is 4.74 Å². The van der Waals surface area contributed by atoms with E-state index in [0.29, 0.717) is 5.92 Å². The van der Waals surface area contributed by atoms with Gasteiger partial charge in [0.2, 0.25) is 0 Å². The van der Waals surface area contributed by atoms with Gasteiger partial charge in [-0.25, -0.2) is 0 Å². The van der Waals surface area contributed by atoms with Crippen LogP contribution in [-0.4, -0.2) is 19.8 Å². The summed E-state index contributed by atoms with van der Waals surface area (Å²) >= 11 is 2.34. The molecule has 0 amide bonds. The van der Waals surface area contributed by atoms with Crippen molar-refractivity contribution >= 4 is 28.3 Å². The lowest BCUT2D eigenvalue weighted by atomic mass is 10.1. The highest BCUT2D eigenvalue weighted by atomic mass is 127. The number of ether oxygens (including phenoxy) is 1. The van der Waals surface area contributed by atoms with Gasteiger partial charge < -0.3 is 10.1 Å². The number of aryl methyl sites for hydroxylation is 1. The average Bonchev–Trinajstić information content (AvgIpc) is 2.69. The van der Waals surface area contributed by atoms with Gasteiger partial charge in [-0.05, 0) is 59.7 Å². The zero-order valence-electron chi connectivity index (χ0n) is 8.92. The summed E-state index contributed by atoms with van der Waals surface area (Å²) < 4.78 is 6.65. The minimum atomic E-state index is 0.684. The fraction of sp³-hybridized carbons (Fsp3) is 0.500. The highest BCUT2D eigenvalue weighted by molar-refractivity contribution is 14.1. The van der Waals surface area contributed by atoms with Gasteiger partial charge in [-0.3, -0.25) is 0 Å². The number of rotatable bonds is 3. The van der Waals surface area contributed by atoms with Gasteiger partial charge in [-0.1, -0.05) is 0 Å². The molecule has 1 heterocycles. The van der Waals surface area contributed by atoms with Crippen molar-refractivity contribution in [3.05, 3.63) is 27.3 Å². The standard InChI is InChI=1S/C12H16INO/c1-9-6-11(13)2-3-12(9)14-7-10-4-5-15-8-10/h2-3,6,10,14H,4-5,7-8H2,1H3. The van der Waals surface area contributed by atoms with Crippen molar-refractivity contribution in [2.45, 2.75) is 13.3 Å². The molecule has 0 radical (unpaired) electrons. The van der Waals surface area contributed by atoms with Crippen LogP contribution in [0.15, 0.2) is 18.2 Å². The fourth-order valence-corrected chi connectivity index (χ4v) is 2.47. The van der Waals surface area contributed by atoms with Crippen molar-refractivity contribution in [2.75, 3.05) is 25.1 Å². The maximum absolute atomic E-state index is 5.35. The summed E-state index contributed by atoms with van der Waals surface area (Å²) in [5.74, 6) is 0.684. The predicted octanol–water partition coefficient (Wildman–Crippen LogP) is 3.05. The molecule has 1 unspecified atom stereocenters. The third kappa shape index (κ3) is 3.08. The molecule has 1 aliphatic heterocycles. The lowest BCUT2D eigenvalue weighted by Crippen LogP contribution is -2.14. The Morgan fingerprint density at radius 3 is 3.07 bits per heavy atom. The highest BCUT2D eigenvalue weighted by Gasteiger charge is 2.15. The SMILES string of the molecule is Cc1cc(I)ccc1NCC1CCOC1. The van der Waals surface area contributed by atoms with Gasteiger partial charge in [0, 0.05) is 28.3 Å². The van der Waals surface area contributed by atoms with Crippen molar-refractivity contribution in [3.63, 3.8) is 0 Å². The molecule has 1 aromatic carbocycles. The molecule has 1 N–H and O–H groups in total. The zero-order chi connectivity index (χ0) is 10.7. The van der Waals surface area contributed by atoms with Crippen LogP contribution in [0.4, 0.5) is 5.69 Å². The maximum atomic E-state index is 5.35. The summed E-state index contributed by atoms with van der Waals surface area (Å²) in [4.78, 5) is 0. The maximum Gasteiger partial charge on any atom is 0.0511 e. The van der Waals surface area contributed by atoms with Gasteiger partial charge in [-0.2, -0.15) is 0 Å². The summed E-state index contributed by atoms with van der Waals surface area (Å²) in [5, 5.41) is 3.50. The molecule has 1 aliphatic rings. The van der Waals surface area contributed by atoms with E-state index in [1.54, 1.807) is 0 Å². The molecule has 1 atom stereocenters. The molecule has 0 saturated carbocycles. The molecule has 0 aromatic heterocycles. The molecular weight excluding hydrogens is 301 g/mol. The Bertz CT molecular complexity index is 334. The Morgan fingerprint density at radius 1 is 1.53 bits per heavy atom. The number of anilines is 1. The summed E-state index contributed by atoms with van der Waals surface area (Å²) in [6, 6.07) is 6.50. The summed E-state index contributed by atoms with van der Waals surface area (Å²) in [5.41, 5.74) is 2.57. The topological polar surface area (TPSA) is 21.3 Å². The van der Waals surface area contributed by atoms with Gasteiger partial charge in [0.05, 0.1) is 6.61 Å². The van der Waals surface area contributed by atoms with Gasteiger partial charge in [0.15, 0.2) is 0 Å². The highest BCUT2D eigenvalue weighted by Crippen LogP contribution is 2.19. The monoisotopic (exact) mass is 317 g/mol. The molecular formula is C12H16INO. The smallest absolute Gasteiger partial charge is 0.0511 e. The van der Waals surface area contributed by atoms with Crippen LogP contribution in [0.3, 0.4) is 0 Å². The van der Waals surface area contributed by atoms with E-state index in [-0.39, 0.29) is 0 Å². The number of hydrogen-bond acceptors (Lipinski definition) is 2. The van der Waals surface area contributed by atoms with E-state index in [0.717, 1.165) is 19.8 Å². The fourth-order valence-electron chi connectivity index (χ4n) is 1.82. The molecule has 15 heavy (non-hydrogen) atoms. The molecule has 0 spiro atoms. The summed E-state index contributed by atoms with van der Waals surface area (Å²) in [6.45, 7) is 5.02. The zero-order valence-corrected chi connectivity index (χ0v) is 11.1. The van der Waals surface area contributed by atoms with Gasteiger partial charge >= 0.3 is 0 Å². The van der Waals surface area contributed by atoms with E-state index < -0.39 is 0 Å². The second-order valence-corrected chi connectivity index (χ2v) is 5.32. The molecule has 2 nitrogen and oxygen atoms in total. The first-order valence-electron chi connectivity index (χ1n) is 5.33. The van der Waals surface area contributed by atoms with Crippen molar-refractivity contribution in [2.24, 2.45) is 5.92 Å². The van der Waals surface area contributed by atoms with Crippen LogP contribution in [0.25, 0.3) is 0 Å². The largest absolute Gasteiger partial charge is 0.384 e. The quantitative estimate of drug-likeness (QED) is 0.865. The number of nitrogens with one attached hydrogen (secondary N) is 1. The van der Waals surface area contributed by atoms with Crippen LogP contribution in [-0.2, 0) is 4.74 Å². The molecule has 1 aromatic rings. The number of halogens is 1. The van der Waals surface area contributed by atoms with Crippen LogP contribution in [0, 0.1) is 16.4 Å². The van der Waals surface area contributed by atoms with E-state index in [2.05, 4.69) is 53.0 Å².